The second-order valence-corrected chi connectivity index (χ2v) is 10.6. The number of likely N-dealkylation sites (tertiary alicyclic amines) is 1. The van der Waals surface area contributed by atoms with Gasteiger partial charge in [0, 0.05) is 10.9 Å². The molecule has 196 valence electrons. The summed E-state index contributed by atoms with van der Waals surface area (Å²) in [6, 6.07) is 13.1. The maximum atomic E-state index is 14.3. The lowest BCUT2D eigenvalue weighted by molar-refractivity contribution is -0.144. The fourth-order valence-electron chi connectivity index (χ4n) is 5.13. The Morgan fingerprint density at radius 1 is 1.19 bits per heavy atom. The van der Waals surface area contributed by atoms with E-state index in [1.807, 2.05) is 36.4 Å². The minimum atomic E-state index is -1.08. The molecule has 0 spiro atoms. The van der Waals surface area contributed by atoms with Gasteiger partial charge in [0.05, 0.1) is 43.3 Å². The average molecular weight is 574 g/mol. The Bertz CT molecular complexity index is 1280. The van der Waals surface area contributed by atoms with Gasteiger partial charge in [0.25, 0.3) is 6.01 Å². The van der Waals surface area contributed by atoms with E-state index in [4.69, 9.17) is 14.3 Å². The number of carbonyl (C=O) groups is 2. The van der Waals surface area contributed by atoms with Gasteiger partial charge >= 0.3 is 5.97 Å². The molecule has 3 aromatic rings. The number of alkyl halides is 1. The molecule has 2 aliphatic rings. The molecule has 10 heteroatoms. The lowest BCUT2D eigenvalue weighted by atomic mass is 9.87. The van der Waals surface area contributed by atoms with Crippen molar-refractivity contribution in [3.63, 3.8) is 0 Å². The first-order valence-electron chi connectivity index (χ1n) is 12.5. The summed E-state index contributed by atoms with van der Waals surface area (Å²) in [6.45, 7) is 0.322. The predicted molar refractivity (Wildman–Crippen MR) is 139 cm³/mol. The van der Waals surface area contributed by atoms with Crippen LogP contribution in [0.25, 0.3) is 11.1 Å². The molecule has 2 fully saturated rings. The Hall–Kier alpha value is -2.98. The highest BCUT2D eigenvalue weighted by atomic mass is 79.9. The Morgan fingerprint density at radius 2 is 1.97 bits per heavy atom. The van der Waals surface area contributed by atoms with Gasteiger partial charge < -0.3 is 24.5 Å². The van der Waals surface area contributed by atoms with Crippen molar-refractivity contribution in [2.75, 3.05) is 18.5 Å². The Kier molecular flexibility index (Phi) is 7.76. The first-order chi connectivity index (χ1) is 17.9. The molecule has 1 amide bonds. The van der Waals surface area contributed by atoms with Gasteiger partial charge in [-0.2, -0.15) is 4.98 Å². The van der Waals surface area contributed by atoms with Crippen LogP contribution >= 0.6 is 15.9 Å². The van der Waals surface area contributed by atoms with E-state index >= 15 is 0 Å². The molecule has 5 rings (SSSR count). The molecule has 1 aromatic heterocycles. The number of nitrogens with zero attached hydrogens (tertiary/aromatic N) is 2. The molecule has 1 aliphatic heterocycles. The number of benzene rings is 2. The Balaban J connectivity index is 1.19. The lowest BCUT2D eigenvalue weighted by Crippen LogP contribution is -2.40. The summed E-state index contributed by atoms with van der Waals surface area (Å²) in [5, 5.41) is 12.3. The van der Waals surface area contributed by atoms with Gasteiger partial charge in [0.1, 0.15) is 11.7 Å². The summed E-state index contributed by atoms with van der Waals surface area (Å²) in [4.78, 5) is 30.3. The van der Waals surface area contributed by atoms with Gasteiger partial charge in [-0.1, -0.05) is 18.2 Å². The number of fused-ring (bicyclic) bond motifs is 1. The van der Waals surface area contributed by atoms with Gasteiger partial charge in [-0.3, -0.25) is 9.59 Å². The van der Waals surface area contributed by atoms with Crippen LogP contribution in [-0.2, 0) is 20.7 Å². The maximum Gasteiger partial charge on any atom is 0.306 e. The van der Waals surface area contributed by atoms with E-state index < -0.39 is 12.1 Å². The highest BCUT2D eigenvalue weighted by Crippen LogP contribution is 2.30. The third kappa shape index (κ3) is 6.13. The molecule has 1 saturated carbocycles. The summed E-state index contributed by atoms with van der Waals surface area (Å²) in [5.41, 5.74) is 2.80. The second-order valence-electron chi connectivity index (χ2n) is 9.78. The van der Waals surface area contributed by atoms with E-state index in [1.54, 1.807) is 11.0 Å². The van der Waals surface area contributed by atoms with E-state index in [9.17, 15) is 14.0 Å². The van der Waals surface area contributed by atoms with Crippen LogP contribution in [0.5, 0.6) is 0 Å². The van der Waals surface area contributed by atoms with Crippen molar-refractivity contribution in [2.24, 2.45) is 5.92 Å². The van der Waals surface area contributed by atoms with E-state index in [0.29, 0.717) is 42.8 Å². The molecule has 37 heavy (non-hydrogen) atoms. The van der Waals surface area contributed by atoms with Gasteiger partial charge in [-0.15, -0.1) is 0 Å². The molecule has 0 unspecified atom stereocenters. The highest BCUT2D eigenvalue weighted by molar-refractivity contribution is 9.10. The molecule has 0 bridgehead atoms. The molecule has 0 radical (unpaired) electrons. The monoisotopic (exact) mass is 573 g/mol. The van der Waals surface area contributed by atoms with Crippen molar-refractivity contribution in [3.05, 3.63) is 52.5 Å². The zero-order valence-electron chi connectivity index (χ0n) is 20.2. The van der Waals surface area contributed by atoms with Crippen LogP contribution in [-0.4, -0.2) is 58.3 Å². The van der Waals surface area contributed by atoms with Crippen molar-refractivity contribution in [1.82, 2.24) is 9.88 Å². The SMILES string of the molecule is O=C(O)C1CCC(OC[C@@H]2C[C@H](F)CN2C(=O)Cc2ccc3nc(Nc4ccccc4Br)oc3c2)CC1. The predicted octanol–water partition coefficient (Wildman–Crippen LogP) is 5.48. The number of halogens is 2. The number of para-hydroxylation sites is 1. The summed E-state index contributed by atoms with van der Waals surface area (Å²) >= 11 is 3.49. The van der Waals surface area contributed by atoms with Gasteiger partial charge in [-0.05, 0) is 71.4 Å². The third-order valence-corrected chi connectivity index (χ3v) is 7.85. The fraction of sp³-hybridized carbons (Fsp3) is 0.444. The highest BCUT2D eigenvalue weighted by Gasteiger charge is 2.36. The van der Waals surface area contributed by atoms with Crippen LogP contribution in [0.3, 0.4) is 0 Å². The summed E-state index contributed by atoms with van der Waals surface area (Å²) in [7, 11) is 0. The zero-order chi connectivity index (χ0) is 25.9. The van der Waals surface area contributed by atoms with Crippen LogP contribution < -0.4 is 5.32 Å². The van der Waals surface area contributed by atoms with E-state index in [-0.39, 0.29) is 50.0 Å². The molecule has 1 saturated heterocycles. The summed E-state index contributed by atoms with van der Waals surface area (Å²) in [5.74, 6) is -1.23. The fourth-order valence-corrected chi connectivity index (χ4v) is 5.52. The standard InChI is InChI=1S/C27H29BrFN3O5/c28-21-3-1-2-4-22(21)30-27-31-23-10-5-16(11-24(23)37-27)12-25(33)32-14-18(29)13-19(32)15-36-20-8-6-17(7-9-20)26(34)35/h1-5,10-11,17-20H,6-9,12-15H2,(H,30,31)(H,34,35)/t17?,18-,19-,20?/m0/s1. The average Bonchev–Trinajstić information content (AvgIpc) is 3.46. The molecule has 2 N–H and O–H groups in total. The first-order valence-corrected chi connectivity index (χ1v) is 13.3. The first kappa shape index (κ1) is 25.7. The van der Waals surface area contributed by atoms with Crippen molar-refractivity contribution >= 4 is 50.6 Å². The zero-order valence-corrected chi connectivity index (χ0v) is 21.8. The molecule has 2 atom stereocenters. The van der Waals surface area contributed by atoms with Crippen LogP contribution in [0, 0.1) is 5.92 Å². The molecular weight excluding hydrogens is 545 g/mol. The number of nitrogens with one attached hydrogen (secondary N) is 1. The van der Waals surface area contributed by atoms with Crippen LogP contribution in [0.2, 0.25) is 0 Å². The number of amides is 1. The second kappa shape index (κ2) is 11.2. The number of anilines is 2. The maximum absolute atomic E-state index is 14.3. The number of carbonyl (C=O) groups excluding carboxylic acids is 1. The van der Waals surface area contributed by atoms with Crippen molar-refractivity contribution < 1.29 is 28.2 Å². The number of oxazole rings is 1. The number of ether oxygens (including phenoxy) is 1. The number of carboxylic acids is 1. The quantitative estimate of drug-likeness (QED) is 0.368. The Labute approximate surface area is 222 Å². The number of aromatic nitrogens is 1. The number of hydrogen-bond acceptors (Lipinski definition) is 6. The van der Waals surface area contributed by atoms with E-state index in [2.05, 4.69) is 26.2 Å². The van der Waals surface area contributed by atoms with Gasteiger partial charge in [0.2, 0.25) is 5.91 Å². The van der Waals surface area contributed by atoms with Crippen molar-refractivity contribution in [3.8, 4) is 0 Å². The van der Waals surface area contributed by atoms with Gasteiger partial charge in [-0.25, -0.2) is 4.39 Å². The van der Waals surface area contributed by atoms with Crippen molar-refractivity contribution in [2.45, 2.75) is 56.8 Å². The van der Waals surface area contributed by atoms with Gasteiger partial charge in [0.15, 0.2) is 5.58 Å². The van der Waals surface area contributed by atoms with Crippen LogP contribution in [0.15, 0.2) is 51.4 Å². The number of aliphatic carboxylic acids is 1. The normalized spacial score (nSPS) is 23.9. The van der Waals surface area contributed by atoms with E-state index in [1.165, 1.54) is 0 Å². The molecule has 1 aliphatic carbocycles. The number of hydrogen-bond donors (Lipinski definition) is 2. The Morgan fingerprint density at radius 3 is 2.73 bits per heavy atom. The minimum absolute atomic E-state index is 0.0422. The van der Waals surface area contributed by atoms with Crippen LogP contribution in [0.1, 0.15) is 37.7 Å². The minimum Gasteiger partial charge on any atom is -0.481 e. The molecule has 8 nitrogen and oxygen atoms in total. The smallest absolute Gasteiger partial charge is 0.306 e. The molecule has 2 aromatic carbocycles. The topological polar surface area (TPSA) is 105 Å². The third-order valence-electron chi connectivity index (χ3n) is 7.16. The number of rotatable bonds is 8. The molecule has 2 heterocycles. The molecular formula is C27H29BrFN3O5. The summed E-state index contributed by atoms with van der Waals surface area (Å²) < 4.78 is 27.0. The largest absolute Gasteiger partial charge is 0.481 e. The lowest BCUT2D eigenvalue weighted by Gasteiger charge is -2.29. The van der Waals surface area contributed by atoms with Crippen LogP contribution in [0.4, 0.5) is 16.1 Å². The van der Waals surface area contributed by atoms with Crippen molar-refractivity contribution in [1.29, 1.82) is 0 Å². The van der Waals surface area contributed by atoms with E-state index in [0.717, 1.165) is 15.7 Å². The summed E-state index contributed by atoms with van der Waals surface area (Å²) in [6.07, 6.45) is 1.77. The number of carboxylic acid groups (broad SMARTS) is 1.